The van der Waals surface area contributed by atoms with E-state index in [-0.39, 0.29) is 0 Å². The topological polar surface area (TPSA) is 0 Å². The van der Waals surface area contributed by atoms with E-state index < -0.39 is 0 Å². The predicted molar refractivity (Wildman–Crippen MR) is 291 cm³/mol. The van der Waals surface area contributed by atoms with E-state index in [1.165, 1.54) is 266 Å². The van der Waals surface area contributed by atoms with Crippen molar-refractivity contribution in [2.45, 2.75) is 302 Å². The number of thioether (sulfide) groups is 6. The van der Waals surface area contributed by atoms with Gasteiger partial charge in [-0.3, -0.25) is 0 Å². The molecule has 60 heavy (non-hydrogen) atoms. The van der Waals surface area contributed by atoms with Crippen LogP contribution in [0.25, 0.3) is 0 Å². The minimum Gasteiger partial charge on any atom is -0.124 e. The van der Waals surface area contributed by atoms with Crippen LogP contribution in [-0.4, -0.2) is 34.5 Å². The maximum absolute atomic E-state index is 2.35. The molecule has 0 aromatic heterocycles. The molecule has 0 aliphatic heterocycles. The van der Waals surface area contributed by atoms with E-state index in [0.29, 0.717) is 0 Å². The summed E-state index contributed by atoms with van der Waals surface area (Å²) < 4.78 is 0. The molecule has 0 unspecified atom stereocenters. The quantitative estimate of drug-likeness (QED) is 0.0468. The van der Waals surface area contributed by atoms with Gasteiger partial charge >= 0.3 is 0 Å². The Morgan fingerprint density at radius 1 is 0.167 bits per heavy atom. The summed E-state index contributed by atoms with van der Waals surface area (Å²) in [5.74, 6) is 7.72. The Balaban J connectivity index is 3.72. The van der Waals surface area contributed by atoms with Crippen LogP contribution in [0, 0.1) is 0 Å². The second-order valence-electron chi connectivity index (χ2n) is 17.7. The maximum Gasteiger partial charge on any atom is 0.0368 e. The van der Waals surface area contributed by atoms with Gasteiger partial charge in [-0.25, -0.2) is 0 Å². The molecule has 6 heteroatoms. The average molecular weight is 944 g/mol. The van der Waals surface area contributed by atoms with Crippen molar-refractivity contribution in [3.63, 3.8) is 0 Å². The lowest BCUT2D eigenvalue weighted by Gasteiger charge is -2.25. The smallest absolute Gasteiger partial charge is 0.0368 e. The number of benzene rings is 1. The van der Waals surface area contributed by atoms with Gasteiger partial charge < -0.3 is 0 Å². The van der Waals surface area contributed by atoms with E-state index in [9.17, 15) is 0 Å². The third-order valence-electron chi connectivity index (χ3n) is 11.7. The molecule has 0 nitrogen and oxygen atoms in total. The third-order valence-corrected chi connectivity index (χ3v) is 19.6. The Kier molecular flexibility index (Phi) is 46.3. The van der Waals surface area contributed by atoms with Crippen LogP contribution in [0.15, 0.2) is 29.4 Å². The lowest BCUT2D eigenvalue weighted by atomic mass is 10.1. The summed E-state index contributed by atoms with van der Waals surface area (Å²) in [6.07, 6.45) is 50.1. The fraction of sp³-hybridized carbons (Fsp3) is 0.889. The van der Waals surface area contributed by atoms with Crippen LogP contribution in [0.3, 0.4) is 0 Å². The molecule has 0 heterocycles. The van der Waals surface area contributed by atoms with E-state index in [2.05, 4.69) is 112 Å². The first kappa shape index (κ1) is 59.3. The molecule has 0 atom stereocenters. The molecule has 1 aromatic rings. The Bertz CT molecular complexity index is 814. The molecular weight excluding hydrogens is 841 g/mol. The normalized spacial score (nSPS) is 11.7. The highest BCUT2D eigenvalue weighted by Crippen LogP contribution is 2.55. The van der Waals surface area contributed by atoms with Gasteiger partial charge in [0.1, 0.15) is 0 Å². The number of hydrogen-bond acceptors (Lipinski definition) is 6. The highest BCUT2D eigenvalue weighted by Gasteiger charge is 2.26. The minimum atomic E-state index is 1.29. The maximum atomic E-state index is 2.35. The van der Waals surface area contributed by atoms with E-state index in [1.807, 2.05) is 0 Å². The second-order valence-corrected chi connectivity index (χ2v) is 24.3. The van der Waals surface area contributed by atoms with Crippen LogP contribution >= 0.6 is 70.6 Å². The zero-order chi connectivity index (χ0) is 43.4. The molecule has 0 N–H and O–H groups in total. The summed E-state index contributed by atoms with van der Waals surface area (Å²) in [6.45, 7) is 14.1. The van der Waals surface area contributed by atoms with Gasteiger partial charge in [0.05, 0.1) is 0 Å². The molecule has 0 aliphatic carbocycles. The predicted octanol–water partition coefficient (Wildman–Crippen LogP) is 22.4. The first-order valence-corrected chi connectivity index (χ1v) is 32.6. The summed E-state index contributed by atoms with van der Waals surface area (Å²) in [6, 6.07) is 0. The molecule has 1 aromatic carbocycles. The van der Waals surface area contributed by atoms with Crippen LogP contribution < -0.4 is 0 Å². The largest absolute Gasteiger partial charge is 0.124 e. The van der Waals surface area contributed by atoms with E-state index in [1.54, 1.807) is 29.4 Å². The van der Waals surface area contributed by atoms with Crippen LogP contribution in [0.4, 0.5) is 0 Å². The van der Waals surface area contributed by atoms with Crippen molar-refractivity contribution in [3.05, 3.63) is 0 Å². The van der Waals surface area contributed by atoms with E-state index >= 15 is 0 Å². The molecule has 0 amide bonds. The Morgan fingerprint density at radius 2 is 0.283 bits per heavy atom. The molecule has 0 bridgehead atoms. The number of hydrogen-bond donors (Lipinski definition) is 0. The summed E-state index contributed by atoms with van der Waals surface area (Å²) >= 11 is 13.8. The van der Waals surface area contributed by atoms with Gasteiger partial charge in [0.25, 0.3) is 0 Å². The van der Waals surface area contributed by atoms with Gasteiger partial charge in [0, 0.05) is 29.4 Å². The zero-order valence-electron chi connectivity index (χ0n) is 41.1. The van der Waals surface area contributed by atoms with E-state index in [0.717, 1.165) is 0 Å². The molecule has 0 saturated heterocycles. The highest BCUT2D eigenvalue weighted by atomic mass is 32.2. The van der Waals surface area contributed by atoms with Crippen molar-refractivity contribution in [3.8, 4) is 0 Å². The molecule has 1 rings (SSSR count). The summed E-state index contributed by atoms with van der Waals surface area (Å²) in [5, 5.41) is 0. The number of rotatable bonds is 48. The van der Waals surface area contributed by atoms with Crippen molar-refractivity contribution in [1.82, 2.24) is 0 Å². The molecular formula is C54H102S6. The van der Waals surface area contributed by atoms with Gasteiger partial charge in [-0.1, -0.05) is 234 Å². The fourth-order valence-electron chi connectivity index (χ4n) is 7.74. The number of unbranched alkanes of at least 4 members (excludes halogenated alkanes) is 30. The molecule has 0 radical (unpaired) electrons. The van der Waals surface area contributed by atoms with Crippen molar-refractivity contribution in [1.29, 1.82) is 0 Å². The Hall–Kier alpha value is 1.32. The van der Waals surface area contributed by atoms with Crippen LogP contribution in [-0.2, 0) is 0 Å². The van der Waals surface area contributed by atoms with Gasteiger partial charge in [-0.05, 0) is 73.0 Å². The lowest BCUT2D eigenvalue weighted by molar-refractivity contribution is 0.625. The summed E-state index contributed by atoms with van der Waals surface area (Å²) in [5.41, 5.74) is 0. The molecule has 0 spiro atoms. The molecule has 0 fully saturated rings. The summed E-state index contributed by atoms with van der Waals surface area (Å²) in [4.78, 5) is 10.3. The second kappa shape index (κ2) is 46.8. The lowest BCUT2D eigenvalue weighted by Crippen LogP contribution is -2.01. The van der Waals surface area contributed by atoms with Gasteiger partial charge in [-0.15, -0.1) is 70.6 Å². The van der Waals surface area contributed by atoms with Crippen molar-refractivity contribution >= 4 is 70.6 Å². The van der Waals surface area contributed by atoms with Crippen molar-refractivity contribution in [2.24, 2.45) is 0 Å². The van der Waals surface area contributed by atoms with Crippen LogP contribution in [0.1, 0.15) is 273 Å². The molecule has 0 aliphatic rings. The van der Waals surface area contributed by atoms with Crippen LogP contribution in [0.5, 0.6) is 0 Å². The highest BCUT2D eigenvalue weighted by molar-refractivity contribution is 8.06. The zero-order valence-corrected chi connectivity index (χ0v) is 46.0. The minimum absolute atomic E-state index is 1.29. The molecule has 354 valence electrons. The Labute approximate surface area is 404 Å². The van der Waals surface area contributed by atoms with E-state index in [4.69, 9.17) is 0 Å². The monoisotopic (exact) mass is 943 g/mol. The van der Waals surface area contributed by atoms with Crippen LogP contribution in [0.2, 0.25) is 0 Å². The van der Waals surface area contributed by atoms with Crippen molar-refractivity contribution in [2.75, 3.05) is 34.5 Å². The van der Waals surface area contributed by atoms with Crippen molar-refractivity contribution < 1.29 is 0 Å². The average Bonchev–Trinajstić information content (AvgIpc) is 3.26. The van der Waals surface area contributed by atoms with Gasteiger partial charge in [0.2, 0.25) is 0 Å². The molecule has 0 saturated carbocycles. The first-order chi connectivity index (χ1) is 29.7. The first-order valence-electron chi connectivity index (χ1n) is 26.7. The third kappa shape index (κ3) is 32.1. The van der Waals surface area contributed by atoms with Gasteiger partial charge in [-0.2, -0.15) is 0 Å². The van der Waals surface area contributed by atoms with Gasteiger partial charge in [0.15, 0.2) is 0 Å². The Morgan fingerprint density at radius 3 is 0.417 bits per heavy atom. The standard InChI is InChI=1S/C54H102S6/c1-7-13-19-25-31-37-43-55-49-50(56-44-38-32-26-20-14-8-2)52(58-46-40-34-28-22-16-10-4)54(60-48-42-36-30-24-18-12-6)53(59-47-41-35-29-23-17-11-5)51(49)57-45-39-33-27-21-15-9-3/h7-48H2,1-6H3. The fourth-order valence-corrected chi connectivity index (χ4v) is 16.4. The summed E-state index contributed by atoms with van der Waals surface area (Å²) in [7, 11) is 0. The SMILES string of the molecule is CCCCCCCCSc1c(SCCCCCCCC)c(SCCCCCCCC)c(SCCCCCCCC)c(SCCCCCCCC)c1SCCCCCCCC.